The van der Waals surface area contributed by atoms with Crippen molar-refractivity contribution in [2.45, 2.75) is 38.2 Å². The summed E-state index contributed by atoms with van der Waals surface area (Å²) >= 11 is 0. The van der Waals surface area contributed by atoms with Crippen molar-refractivity contribution in [3.8, 4) is 0 Å². The number of aromatic nitrogens is 4. The number of imidazole rings is 1. The van der Waals surface area contributed by atoms with Gasteiger partial charge in [-0.15, -0.1) is 0 Å². The van der Waals surface area contributed by atoms with Crippen LogP contribution in [0.4, 0.5) is 5.95 Å². The molecule has 0 spiro atoms. The molecule has 11 nitrogen and oxygen atoms in total. The first-order chi connectivity index (χ1) is 11.7. The maximum Gasteiger partial charge on any atom is 0.302 e. The summed E-state index contributed by atoms with van der Waals surface area (Å²) in [7, 11) is 0. The number of aliphatic hydroxyl groups is 2. The number of Topliss-reactive ketones (excluding diaryl/α,β-unsaturated/α-hetero) is 1. The van der Waals surface area contributed by atoms with E-state index in [1.807, 2.05) is 0 Å². The first-order valence-electron chi connectivity index (χ1n) is 7.46. The Bertz CT molecular complexity index is 934. The van der Waals surface area contributed by atoms with Gasteiger partial charge in [-0.05, 0) is 6.92 Å². The third-order valence-electron chi connectivity index (χ3n) is 4.37. The van der Waals surface area contributed by atoms with Crippen LogP contribution in [0, 0.1) is 0 Å². The summed E-state index contributed by atoms with van der Waals surface area (Å²) in [6, 6.07) is 0. The molecule has 1 fully saturated rings. The number of hydrogen-bond acceptors (Lipinski definition) is 9. The monoisotopic (exact) mass is 351 g/mol. The number of nitrogens with two attached hydrogens (primary N) is 1. The van der Waals surface area contributed by atoms with Crippen LogP contribution in [0.5, 0.6) is 0 Å². The quantitative estimate of drug-likeness (QED) is 0.593. The van der Waals surface area contributed by atoms with E-state index in [4.69, 9.17) is 10.5 Å². The minimum atomic E-state index is -1.89. The van der Waals surface area contributed by atoms with Crippen LogP contribution in [0.2, 0.25) is 0 Å². The minimum absolute atomic E-state index is 0.0412. The van der Waals surface area contributed by atoms with Crippen LogP contribution in [-0.4, -0.2) is 59.3 Å². The van der Waals surface area contributed by atoms with Gasteiger partial charge in [-0.2, -0.15) is 4.98 Å². The van der Waals surface area contributed by atoms with Crippen molar-refractivity contribution in [1.29, 1.82) is 0 Å². The Labute approximate surface area is 140 Å². The lowest BCUT2D eigenvalue weighted by Gasteiger charge is -2.23. The number of nitrogens with zero attached hydrogens (tertiary/aromatic N) is 4. The van der Waals surface area contributed by atoms with Crippen LogP contribution >= 0.6 is 0 Å². The van der Waals surface area contributed by atoms with Gasteiger partial charge < -0.3 is 20.7 Å². The lowest BCUT2D eigenvalue weighted by Crippen LogP contribution is -2.46. The first-order valence-corrected chi connectivity index (χ1v) is 7.46. The van der Waals surface area contributed by atoms with Crippen LogP contribution in [0.3, 0.4) is 0 Å². The van der Waals surface area contributed by atoms with E-state index in [0.29, 0.717) is 0 Å². The van der Waals surface area contributed by atoms with E-state index in [-0.39, 0.29) is 23.5 Å². The molecule has 1 saturated heterocycles. The smallest absolute Gasteiger partial charge is 0.302 e. The fourth-order valence-corrected chi connectivity index (χ4v) is 3.04. The van der Waals surface area contributed by atoms with Gasteiger partial charge in [0.05, 0.1) is 12.9 Å². The van der Waals surface area contributed by atoms with Crippen LogP contribution in [0.1, 0.15) is 31.3 Å². The van der Waals surface area contributed by atoms with Gasteiger partial charge in [0.25, 0.3) is 0 Å². The van der Waals surface area contributed by atoms with Crippen LogP contribution in [-0.2, 0) is 9.53 Å². The summed E-state index contributed by atoms with van der Waals surface area (Å²) in [6.45, 7) is 1.84. The van der Waals surface area contributed by atoms with Gasteiger partial charge in [-0.3, -0.25) is 19.0 Å². The summed E-state index contributed by atoms with van der Waals surface area (Å²) < 4.78 is 7.88. The van der Waals surface area contributed by atoms with Gasteiger partial charge in [0.1, 0.15) is 12.3 Å². The number of carbonyl (C=O) groups excluding carboxylic acids is 2. The highest BCUT2D eigenvalue weighted by atomic mass is 16.5. The third-order valence-corrected chi connectivity index (χ3v) is 4.37. The van der Waals surface area contributed by atoms with Gasteiger partial charge in [-0.1, -0.05) is 0 Å². The highest BCUT2D eigenvalue weighted by Crippen LogP contribution is 2.38. The number of ether oxygens (including phenoxy) is 1. The molecule has 3 rings (SSSR count). The van der Waals surface area contributed by atoms with Crippen LogP contribution < -0.4 is 11.3 Å². The molecule has 1 aliphatic heterocycles. The van der Waals surface area contributed by atoms with Crippen molar-refractivity contribution >= 4 is 28.8 Å². The van der Waals surface area contributed by atoms with Crippen molar-refractivity contribution in [3.63, 3.8) is 0 Å². The third kappa shape index (κ3) is 2.44. The van der Waals surface area contributed by atoms with E-state index in [1.165, 1.54) is 24.7 Å². The van der Waals surface area contributed by atoms with Crippen molar-refractivity contribution in [3.05, 3.63) is 16.7 Å². The Morgan fingerprint density at radius 2 is 2.16 bits per heavy atom. The molecule has 2 aromatic heterocycles. The summed E-state index contributed by atoms with van der Waals surface area (Å²) in [5.74, 6) is -1.39. The Morgan fingerprint density at radius 1 is 1.48 bits per heavy atom. The topological polar surface area (TPSA) is 163 Å². The number of nitrogen functional groups attached to an aromatic ring is 1. The number of ketones is 1. The fourth-order valence-electron chi connectivity index (χ4n) is 3.04. The van der Waals surface area contributed by atoms with Gasteiger partial charge in [-0.25, -0.2) is 9.55 Å². The van der Waals surface area contributed by atoms with Crippen LogP contribution in [0.15, 0.2) is 11.1 Å². The van der Waals surface area contributed by atoms with Crippen LogP contribution in [0.25, 0.3) is 11.2 Å². The Morgan fingerprint density at radius 3 is 2.68 bits per heavy atom. The lowest BCUT2D eigenvalue weighted by molar-refractivity contribution is -0.144. The molecule has 0 saturated carbocycles. The second-order valence-electron chi connectivity index (χ2n) is 5.90. The standard InChI is InChI=1S/C14H17N5O6/c1-6(21)14(24)3-9(25-8(14)4-20)18-5-16-10-11(23)17-13(15)19(7(2)22)12(10)18/h5,8-9,20,24H,3-4H2,1-2H3,(H2,15,17,23)/t8-,9-,14-/m1/s1. The van der Waals surface area contributed by atoms with E-state index in [1.54, 1.807) is 0 Å². The maximum atomic E-state index is 12.0. The number of rotatable bonds is 3. The maximum absolute atomic E-state index is 12.0. The van der Waals surface area contributed by atoms with E-state index < -0.39 is 41.8 Å². The molecular formula is C14H17N5O6. The number of hydrogen-bond donors (Lipinski definition) is 3. The summed E-state index contributed by atoms with van der Waals surface area (Å²) in [6.07, 6.45) is -1.04. The molecule has 25 heavy (non-hydrogen) atoms. The van der Waals surface area contributed by atoms with E-state index in [9.17, 15) is 24.6 Å². The Kier molecular flexibility index (Phi) is 3.94. The molecule has 0 aromatic carbocycles. The first kappa shape index (κ1) is 17.2. The zero-order valence-electron chi connectivity index (χ0n) is 13.5. The molecule has 0 amide bonds. The molecule has 1 aliphatic rings. The largest absolute Gasteiger partial charge is 0.394 e. The molecule has 11 heteroatoms. The second kappa shape index (κ2) is 5.72. The average molecular weight is 351 g/mol. The number of fused-ring (bicyclic) bond motifs is 1. The minimum Gasteiger partial charge on any atom is -0.394 e. The van der Waals surface area contributed by atoms with Crippen molar-refractivity contribution in [2.24, 2.45) is 0 Å². The molecule has 3 atom stereocenters. The highest BCUT2D eigenvalue weighted by molar-refractivity contribution is 5.89. The fraction of sp³-hybridized carbons (Fsp3) is 0.500. The number of carbonyl (C=O) groups is 2. The SMILES string of the molecule is CC(=O)n1c(N)nc(=O)c2ncn([C@H]3C[C@@](O)(C(C)=O)[C@@H](CO)O3)c21. The molecule has 0 aliphatic carbocycles. The lowest BCUT2D eigenvalue weighted by atomic mass is 9.91. The number of anilines is 1. The van der Waals surface area contributed by atoms with E-state index >= 15 is 0 Å². The summed E-state index contributed by atoms with van der Waals surface area (Å²) in [5.41, 5.74) is 3.00. The zero-order valence-corrected chi connectivity index (χ0v) is 13.5. The number of aliphatic hydroxyl groups excluding tert-OH is 1. The predicted molar refractivity (Wildman–Crippen MR) is 83.7 cm³/mol. The molecule has 4 N–H and O–H groups in total. The molecule has 0 unspecified atom stereocenters. The van der Waals surface area contributed by atoms with Gasteiger partial charge in [0.15, 0.2) is 22.5 Å². The van der Waals surface area contributed by atoms with Gasteiger partial charge in [0, 0.05) is 13.3 Å². The molecule has 0 radical (unpaired) electrons. The molecule has 3 heterocycles. The second-order valence-corrected chi connectivity index (χ2v) is 5.90. The molecule has 2 aromatic rings. The average Bonchev–Trinajstić information content (AvgIpc) is 3.09. The van der Waals surface area contributed by atoms with Crippen molar-refractivity contribution < 1.29 is 24.5 Å². The molecule has 134 valence electrons. The van der Waals surface area contributed by atoms with E-state index in [2.05, 4.69) is 9.97 Å². The zero-order chi connectivity index (χ0) is 18.5. The Hall–Kier alpha value is -2.63. The van der Waals surface area contributed by atoms with Crippen molar-refractivity contribution in [2.75, 3.05) is 12.3 Å². The van der Waals surface area contributed by atoms with Gasteiger partial charge in [0.2, 0.25) is 11.9 Å². The molecule has 0 bridgehead atoms. The Balaban J connectivity index is 2.20. The predicted octanol–water partition coefficient (Wildman–Crippen LogP) is -1.56. The molecular weight excluding hydrogens is 334 g/mol. The van der Waals surface area contributed by atoms with Crippen molar-refractivity contribution in [1.82, 2.24) is 19.1 Å². The summed E-state index contributed by atoms with van der Waals surface area (Å²) in [5, 5.41) is 19.9. The normalized spacial score (nSPS) is 26.2. The highest BCUT2D eigenvalue weighted by Gasteiger charge is 2.51. The van der Waals surface area contributed by atoms with E-state index in [0.717, 1.165) is 4.57 Å². The summed E-state index contributed by atoms with van der Waals surface area (Å²) in [4.78, 5) is 43.2. The van der Waals surface area contributed by atoms with Gasteiger partial charge >= 0.3 is 5.56 Å².